The highest BCUT2D eigenvalue weighted by atomic mass is 17.2. The van der Waals surface area contributed by atoms with Gasteiger partial charge >= 0.3 is 0 Å². The molecule has 2 nitrogen and oxygen atoms in total. The van der Waals surface area contributed by atoms with Crippen molar-refractivity contribution < 1.29 is 9.78 Å². The van der Waals surface area contributed by atoms with E-state index in [-0.39, 0.29) is 0 Å². The molecule has 0 N–H and O–H groups in total. The molecule has 0 radical (unpaired) electrons. The summed E-state index contributed by atoms with van der Waals surface area (Å²) in [5.74, 6) is 0.707. The summed E-state index contributed by atoms with van der Waals surface area (Å²) >= 11 is 0. The van der Waals surface area contributed by atoms with Crippen molar-refractivity contribution in [1.82, 2.24) is 0 Å². The molecule has 0 aromatic heterocycles. The molecule has 0 unspecified atom stereocenters. The normalized spacial score (nSPS) is 10.1. The maximum Gasteiger partial charge on any atom is 0.165 e. The Balaban J connectivity index is 2.24. The van der Waals surface area contributed by atoms with Gasteiger partial charge in [-0.05, 0) is 30.2 Å². The third-order valence-electron chi connectivity index (χ3n) is 2.42. The average Bonchev–Trinajstić information content (AvgIpc) is 2.32. The van der Waals surface area contributed by atoms with E-state index in [4.69, 9.17) is 4.89 Å². The minimum atomic E-state index is 0.707. The fraction of sp³-hybridized carbons (Fsp3) is 0.143. The molecule has 2 rings (SSSR count). The largest absolute Gasteiger partial charge is 0.338 e. The molecule has 16 heavy (non-hydrogen) atoms. The summed E-state index contributed by atoms with van der Waals surface area (Å²) in [7, 11) is 1.49. The van der Waals surface area contributed by atoms with Crippen LogP contribution in [0.4, 0.5) is 0 Å². The lowest BCUT2D eigenvalue weighted by molar-refractivity contribution is -0.178. The van der Waals surface area contributed by atoms with E-state index in [2.05, 4.69) is 36.1 Å². The van der Waals surface area contributed by atoms with Crippen molar-refractivity contribution in [2.24, 2.45) is 0 Å². The quantitative estimate of drug-likeness (QED) is 0.574. The maximum absolute atomic E-state index is 4.92. The Labute approximate surface area is 95.4 Å². The first-order chi connectivity index (χ1) is 7.79. The first kappa shape index (κ1) is 10.7. The van der Waals surface area contributed by atoms with Gasteiger partial charge in [-0.2, -0.15) is 4.89 Å². The van der Waals surface area contributed by atoms with Crippen LogP contribution in [-0.2, 0) is 4.89 Å². The molecular weight excluding hydrogens is 200 g/mol. The molecule has 0 saturated carbocycles. The van der Waals surface area contributed by atoms with Crippen molar-refractivity contribution in [3.05, 3.63) is 54.1 Å². The van der Waals surface area contributed by atoms with Crippen LogP contribution in [-0.4, -0.2) is 7.11 Å². The molecule has 0 heterocycles. The number of hydrogen-bond acceptors (Lipinski definition) is 2. The van der Waals surface area contributed by atoms with Crippen LogP contribution >= 0.6 is 0 Å². The summed E-state index contributed by atoms with van der Waals surface area (Å²) in [6, 6.07) is 16.2. The van der Waals surface area contributed by atoms with E-state index in [0.29, 0.717) is 5.75 Å². The van der Waals surface area contributed by atoms with Gasteiger partial charge in [0.2, 0.25) is 0 Å². The molecule has 2 heteroatoms. The third kappa shape index (κ3) is 2.41. The van der Waals surface area contributed by atoms with Crippen molar-refractivity contribution in [2.75, 3.05) is 7.11 Å². The standard InChI is InChI=1S/C14H14O2/c1-11-3-5-12(6-4-11)13-7-9-14(10-8-13)16-15-2/h3-10H,1-2H3. The van der Waals surface area contributed by atoms with Gasteiger partial charge in [0.15, 0.2) is 5.75 Å². The van der Waals surface area contributed by atoms with Gasteiger partial charge in [0, 0.05) is 0 Å². The highest BCUT2D eigenvalue weighted by Gasteiger charge is 1.98. The monoisotopic (exact) mass is 214 g/mol. The van der Waals surface area contributed by atoms with Crippen LogP contribution in [0, 0.1) is 6.92 Å². The number of benzene rings is 2. The number of aryl methyl sites for hydroxylation is 1. The molecule has 2 aromatic rings. The van der Waals surface area contributed by atoms with E-state index < -0.39 is 0 Å². The molecule has 2 aromatic carbocycles. The Morgan fingerprint density at radius 2 is 1.25 bits per heavy atom. The Kier molecular flexibility index (Phi) is 3.22. The van der Waals surface area contributed by atoms with Crippen LogP contribution in [0.5, 0.6) is 5.75 Å². The van der Waals surface area contributed by atoms with Crippen molar-refractivity contribution in [3.8, 4) is 16.9 Å². The molecule has 0 atom stereocenters. The second-order valence-corrected chi connectivity index (χ2v) is 3.64. The Bertz CT molecular complexity index is 443. The van der Waals surface area contributed by atoms with Gasteiger partial charge in [-0.15, -0.1) is 0 Å². The highest BCUT2D eigenvalue weighted by molar-refractivity contribution is 5.64. The SMILES string of the molecule is COOc1ccc(-c2ccc(C)cc2)cc1. The van der Waals surface area contributed by atoms with Gasteiger partial charge in [-0.25, -0.2) is 0 Å². The first-order valence-corrected chi connectivity index (χ1v) is 5.17. The van der Waals surface area contributed by atoms with Crippen molar-refractivity contribution in [2.45, 2.75) is 6.92 Å². The molecule has 0 bridgehead atoms. The molecular formula is C14H14O2. The maximum atomic E-state index is 4.92. The predicted molar refractivity (Wildman–Crippen MR) is 64.3 cm³/mol. The molecule has 0 aliphatic heterocycles. The minimum absolute atomic E-state index is 0.707. The smallest absolute Gasteiger partial charge is 0.165 e. The van der Waals surface area contributed by atoms with E-state index >= 15 is 0 Å². The van der Waals surface area contributed by atoms with Gasteiger partial charge < -0.3 is 4.89 Å². The van der Waals surface area contributed by atoms with Gasteiger partial charge in [-0.1, -0.05) is 42.0 Å². The van der Waals surface area contributed by atoms with E-state index in [1.807, 2.05) is 24.3 Å². The zero-order chi connectivity index (χ0) is 11.4. The molecule has 0 aliphatic carbocycles. The van der Waals surface area contributed by atoms with Gasteiger partial charge in [0.05, 0.1) is 7.11 Å². The topological polar surface area (TPSA) is 18.5 Å². The Morgan fingerprint density at radius 3 is 1.75 bits per heavy atom. The number of hydrogen-bond donors (Lipinski definition) is 0. The second kappa shape index (κ2) is 4.81. The summed E-state index contributed by atoms with van der Waals surface area (Å²) in [6.07, 6.45) is 0. The lowest BCUT2D eigenvalue weighted by atomic mass is 10.0. The molecule has 0 spiro atoms. The summed E-state index contributed by atoms with van der Waals surface area (Å²) in [5.41, 5.74) is 3.64. The van der Waals surface area contributed by atoms with Crippen LogP contribution in [0.15, 0.2) is 48.5 Å². The number of rotatable bonds is 3. The third-order valence-corrected chi connectivity index (χ3v) is 2.42. The van der Waals surface area contributed by atoms with E-state index in [9.17, 15) is 0 Å². The van der Waals surface area contributed by atoms with Crippen molar-refractivity contribution >= 4 is 0 Å². The predicted octanol–water partition coefficient (Wildman–Crippen LogP) is 3.60. The lowest BCUT2D eigenvalue weighted by Gasteiger charge is -2.04. The molecule has 0 amide bonds. The average molecular weight is 214 g/mol. The Morgan fingerprint density at radius 1 is 0.750 bits per heavy atom. The van der Waals surface area contributed by atoms with Crippen molar-refractivity contribution in [3.63, 3.8) is 0 Å². The van der Waals surface area contributed by atoms with Crippen LogP contribution in [0.3, 0.4) is 0 Å². The lowest BCUT2D eigenvalue weighted by Crippen LogP contribution is -1.89. The zero-order valence-electron chi connectivity index (χ0n) is 9.44. The summed E-state index contributed by atoms with van der Waals surface area (Å²) in [5, 5.41) is 0. The van der Waals surface area contributed by atoms with Crippen LogP contribution in [0.25, 0.3) is 11.1 Å². The fourth-order valence-electron chi connectivity index (χ4n) is 1.55. The Hall–Kier alpha value is -1.80. The van der Waals surface area contributed by atoms with E-state index in [1.165, 1.54) is 23.8 Å². The van der Waals surface area contributed by atoms with Crippen LogP contribution in [0.2, 0.25) is 0 Å². The summed E-state index contributed by atoms with van der Waals surface area (Å²) in [4.78, 5) is 9.51. The zero-order valence-corrected chi connectivity index (χ0v) is 9.44. The highest BCUT2D eigenvalue weighted by Crippen LogP contribution is 2.22. The molecule has 0 fully saturated rings. The van der Waals surface area contributed by atoms with E-state index in [0.717, 1.165) is 0 Å². The fourth-order valence-corrected chi connectivity index (χ4v) is 1.55. The van der Waals surface area contributed by atoms with E-state index in [1.54, 1.807) is 0 Å². The van der Waals surface area contributed by atoms with Crippen LogP contribution < -0.4 is 4.89 Å². The first-order valence-electron chi connectivity index (χ1n) is 5.17. The van der Waals surface area contributed by atoms with Crippen molar-refractivity contribution in [1.29, 1.82) is 0 Å². The molecule has 0 saturated heterocycles. The minimum Gasteiger partial charge on any atom is -0.338 e. The van der Waals surface area contributed by atoms with Gasteiger partial charge in [0.1, 0.15) is 0 Å². The summed E-state index contributed by atoms with van der Waals surface area (Å²) in [6.45, 7) is 2.08. The van der Waals surface area contributed by atoms with Gasteiger partial charge in [-0.3, -0.25) is 0 Å². The molecule has 82 valence electrons. The van der Waals surface area contributed by atoms with Crippen LogP contribution in [0.1, 0.15) is 5.56 Å². The van der Waals surface area contributed by atoms with Gasteiger partial charge in [0.25, 0.3) is 0 Å². The second-order valence-electron chi connectivity index (χ2n) is 3.64. The molecule has 0 aliphatic rings. The summed E-state index contributed by atoms with van der Waals surface area (Å²) < 4.78 is 0.